The lowest BCUT2D eigenvalue weighted by atomic mass is 10.3. The van der Waals surface area contributed by atoms with Crippen molar-refractivity contribution in [3.8, 4) is 0 Å². The van der Waals surface area contributed by atoms with E-state index in [9.17, 15) is 13.6 Å². The number of anilines is 1. The molecule has 4 nitrogen and oxygen atoms in total. The summed E-state index contributed by atoms with van der Waals surface area (Å²) in [5.74, 6) is -2.05. The number of carbonyl (C=O) groups is 1. The molecule has 0 saturated carbocycles. The number of rotatable bonds is 3. The molecular weight excluding hydrogens is 240 g/mol. The Labute approximate surface area is 102 Å². The third-order valence-electron chi connectivity index (χ3n) is 2.38. The van der Waals surface area contributed by atoms with E-state index in [1.165, 1.54) is 12.1 Å². The topological polar surface area (TPSA) is 46.9 Å². The molecule has 1 aromatic heterocycles. The Morgan fingerprint density at radius 1 is 1.39 bits per heavy atom. The van der Waals surface area contributed by atoms with Crippen molar-refractivity contribution < 1.29 is 13.6 Å². The van der Waals surface area contributed by atoms with Crippen LogP contribution in [0.4, 0.5) is 14.5 Å². The molecule has 18 heavy (non-hydrogen) atoms. The van der Waals surface area contributed by atoms with E-state index in [0.29, 0.717) is 12.6 Å². The molecule has 0 radical (unpaired) electrons. The van der Waals surface area contributed by atoms with Gasteiger partial charge in [0.2, 0.25) is 0 Å². The van der Waals surface area contributed by atoms with Crippen molar-refractivity contribution in [2.24, 2.45) is 0 Å². The van der Waals surface area contributed by atoms with E-state index < -0.39 is 17.5 Å². The molecule has 6 heteroatoms. The fourth-order valence-corrected chi connectivity index (χ4v) is 1.44. The van der Waals surface area contributed by atoms with Crippen LogP contribution >= 0.6 is 0 Å². The Morgan fingerprint density at radius 3 is 2.78 bits per heavy atom. The lowest BCUT2D eigenvalue weighted by Crippen LogP contribution is -2.14. The number of amides is 1. The highest BCUT2D eigenvalue weighted by molar-refractivity contribution is 6.02. The van der Waals surface area contributed by atoms with Crippen LogP contribution in [0.15, 0.2) is 30.5 Å². The van der Waals surface area contributed by atoms with Gasteiger partial charge in [-0.1, -0.05) is 0 Å². The van der Waals surface area contributed by atoms with Crippen molar-refractivity contribution in [1.29, 1.82) is 0 Å². The highest BCUT2D eigenvalue weighted by Gasteiger charge is 2.12. The number of nitrogens with one attached hydrogen (secondary N) is 1. The smallest absolute Gasteiger partial charge is 0.276 e. The van der Waals surface area contributed by atoms with Crippen molar-refractivity contribution in [3.05, 3.63) is 47.8 Å². The predicted molar refractivity (Wildman–Crippen MR) is 62.2 cm³/mol. The molecule has 2 rings (SSSR count). The molecule has 0 spiro atoms. The van der Waals surface area contributed by atoms with Gasteiger partial charge in [-0.3, -0.25) is 9.48 Å². The van der Waals surface area contributed by atoms with E-state index in [4.69, 9.17) is 0 Å². The number of nitrogens with zero attached hydrogens (tertiary/aromatic N) is 2. The fraction of sp³-hybridized carbons (Fsp3) is 0.167. The van der Waals surface area contributed by atoms with Gasteiger partial charge in [-0.05, 0) is 25.1 Å². The van der Waals surface area contributed by atoms with Crippen molar-refractivity contribution in [2.45, 2.75) is 13.5 Å². The molecule has 0 aliphatic heterocycles. The number of hydrogen-bond acceptors (Lipinski definition) is 2. The molecule has 0 saturated heterocycles. The zero-order valence-corrected chi connectivity index (χ0v) is 9.65. The van der Waals surface area contributed by atoms with Crippen LogP contribution in [-0.2, 0) is 6.54 Å². The lowest BCUT2D eigenvalue weighted by Gasteiger charge is -2.04. The molecule has 1 amide bonds. The second-order valence-electron chi connectivity index (χ2n) is 3.63. The standard InChI is InChI=1S/C12H11F2N3O/c1-2-17-6-5-11(16-17)12(18)15-10-4-3-8(13)7-9(10)14/h3-7H,2H2,1H3,(H,15,18). The number of carbonyl (C=O) groups excluding carboxylic acids is 1. The van der Waals surface area contributed by atoms with Gasteiger partial charge in [-0.15, -0.1) is 0 Å². The largest absolute Gasteiger partial charge is 0.318 e. The summed E-state index contributed by atoms with van der Waals surface area (Å²) in [5, 5.41) is 6.31. The summed E-state index contributed by atoms with van der Waals surface area (Å²) in [4.78, 5) is 11.7. The Morgan fingerprint density at radius 2 is 2.17 bits per heavy atom. The van der Waals surface area contributed by atoms with Gasteiger partial charge in [-0.25, -0.2) is 8.78 Å². The maximum absolute atomic E-state index is 13.3. The fourth-order valence-electron chi connectivity index (χ4n) is 1.44. The molecule has 1 aromatic carbocycles. The Balaban J connectivity index is 2.16. The molecule has 0 aliphatic carbocycles. The van der Waals surface area contributed by atoms with Crippen LogP contribution < -0.4 is 5.32 Å². The van der Waals surface area contributed by atoms with Crippen molar-refractivity contribution in [2.75, 3.05) is 5.32 Å². The van der Waals surface area contributed by atoms with E-state index >= 15 is 0 Å². The minimum absolute atomic E-state index is 0.0764. The number of hydrogen-bond donors (Lipinski definition) is 1. The number of aryl methyl sites for hydroxylation is 1. The molecule has 1 N–H and O–H groups in total. The maximum Gasteiger partial charge on any atom is 0.276 e. The summed E-state index contributed by atoms with van der Waals surface area (Å²) >= 11 is 0. The first kappa shape index (κ1) is 12.2. The van der Waals surface area contributed by atoms with Crippen molar-refractivity contribution in [1.82, 2.24) is 9.78 Å². The van der Waals surface area contributed by atoms with Crippen molar-refractivity contribution >= 4 is 11.6 Å². The average Bonchev–Trinajstić information content (AvgIpc) is 2.81. The number of aromatic nitrogens is 2. The van der Waals surface area contributed by atoms with Gasteiger partial charge in [0.1, 0.15) is 11.6 Å². The highest BCUT2D eigenvalue weighted by Crippen LogP contribution is 2.15. The summed E-state index contributed by atoms with van der Waals surface area (Å²) in [6.07, 6.45) is 1.65. The van der Waals surface area contributed by atoms with Crippen LogP contribution in [0.1, 0.15) is 17.4 Å². The second-order valence-corrected chi connectivity index (χ2v) is 3.63. The zero-order valence-electron chi connectivity index (χ0n) is 9.65. The SMILES string of the molecule is CCn1ccc(C(=O)Nc2ccc(F)cc2F)n1. The highest BCUT2D eigenvalue weighted by atomic mass is 19.1. The molecular formula is C12H11F2N3O. The summed E-state index contributed by atoms with van der Waals surface area (Å²) in [6.45, 7) is 2.52. The minimum Gasteiger partial charge on any atom is -0.318 e. The molecule has 2 aromatic rings. The summed E-state index contributed by atoms with van der Waals surface area (Å²) in [7, 11) is 0. The van der Waals surface area contributed by atoms with Crippen LogP contribution in [0.3, 0.4) is 0 Å². The first-order valence-electron chi connectivity index (χ1n) is 5.40. The van der Waals surface area contributed by atoms with E-state index in [1.807, 2.05) is 6.92 Å². The van der Waals surface area contributed by atoms with Crippen LogP contribution in [-0.4, -0.2) is 15.7 Å². The zero-order chi connectivity index (χ0) is 13.1. The third kappa shape index (κ3) is 2.53. The second kappa shape index (κ2) is 4.95. The molecule has 1 heterocycles. The van der Waals surface area contributed by atoms with E-state index in [-0.39, 0.29) is 11.4 Å². The quantitative estimate of drug-likeness (QED) is 0.910. The van der Waals surface area contributed by atoms with Crippen LogP contribution in [0.2, 0.25) is 0 Å². The molecule has 0 aliphatic rings. The summed E-state index contributed by atoms with van der Waals surface area (Å²) in [5.41, 5.74) is 0.105. The molecule has 0 fully saturated rings. The Kier molecular flexibility index (Phi) is 3.36. The lowest BCUT2D eigenvalue weighted by molar-refractivity contribution is 0.102. The maximum atomic E-state index is 13.3. The third-order valence-corrected chi connectivity index (χ3v) is 2.38. The van der Waals surface area contributed by atoms with Gasteiger partial charge >= 0.3 is 0 Å². The van der Waals surface area contributed by atoms with Gasteiger partial charge in [0.15, 0.2) is 5.69 Å². The van der Waals surface area contributed by atoms with Crippen molar-refractivity contribution in [3.63, 3.8) is 0 Å². The van der Waals surface area contributed by atoms with Gasteiger partial charge in [0.05, 0.1) is 5.69 Å². The van der Waals surface area contributed by atoms with Gasteiger partial charge in [0.25, 0.3) is 5.91 Å². The predicted octanol–water partition coefficient (Wildman–Crippen LogP) is 2.43. The molecule has 0 atom stereocenters. The van der Waals surface area contributed by atoms with Gasteiger partial charge < -0.3 is 5.32 Å². The Hall–Kier alpha value is -2.24. The van der Waals surface area contributed by atoms with E-state index in [1.54, 1.807) is 10.9 Å². The number of benzene rings is 1. The first-order valence-corrected chi connectivity index (χ1v) is 5.40. The van der Waals surface area contributed by atoms with Crippen LogP contribution in [0.25, 0.3) is 0 Å². The monoisotopic (exact) mass is 251 g/mol. The first-order chi connectivity index (χ1) is 8.60. The van der Waals surface area contributed by atoms with E-state index in [2.05, 4.69) is 10.4 Å². The molecule has 0 bridgehead atoms. The molecule has 0 unspecified atom stereocenters. The Bertz CT molecular complexity index is 580. The van der Waals surface area contributed by atoms with E-state index in [0.717, 1.165) is 6.07 Å². The van der Waals surface area contributed by atoms with Crippen LogP contribution in [0.5, 0.6) is 0 Å². The normalized spacial score (nSPS) is 10.4. The minimum atomic E-state index is -0.821. The van der Waals surface area contributed by atoms with Gasteiger partial charge in [0, 0.05) is 18.8 Å². The number of halogens is 2. The van der Waals surface area contributed by atoms with Crippen LogP contribution in [0, 0.1) is 11.6 Å². The molecule has 94 valence electrons. The summed E-state index contributed by atoms with van der Waals surface area (Å²) < 4.78 is 27.6. The average molecular weight is 251 g/mol. The van der Waals surface area contributed by atoms with Gasteiger partial charge in [-0.2, -0.15) is 5.10 Å². The summed E-state index contributed by atoms with van der Waals surface area (Å²) in [6, 6.07) is 4.48.